The van der Waals surface area contributed by atoms with E-state index in [0.29, 0.717) is 0 Å². The van der Waals surface area contributed by atoms with Crippen LogP contribution < -0.4 is 0 Å². The van der Waals surface area contributed by atoms with Gasteiger partial charge in [-0.25, -0.2) is 0 Å². The summed E-state index contributed by atoms with van der Waals surface area (Å²) < 4.78 is 0. The number of hydrogen-bond acceptors (Lipinski definition) is 2. The van der Waals surface area contributed by atoms with Crippen molar-refractivity contribution < 1.29 is 5.11 Å². The van der Waals surface area contributed by atoms with Crippen molar-refractivity contribution in [2.24, 2.45) is 0 Å². The Morgan fingerprint density at radius 1 is 0.704 bits per heavy atom. The lowest BCUT2D eigenvalue weighted by atomic mass is 9.79. The predicted molar refractivity (Wildman–Crippen MR) is 114 cm³/mol. The van der Waals surface area contributed by atoms with Crippen LogP contribution in [0.5, 0.6) is 5.75 Å². The van der Waals surface area contributed by atoms with Crippen LogP contribution in [0.4, 0.5) is 0 Å². The molecule has 2 nitrogen and oxygen atoms in total. The first kappa shape index (κ1) is 19.2. The molecule has 3 aromatic rings. The van der Waals surface area contributed by atoms with E-state index in [1.54, 1.807) is 6.07 Å². The van der Waals surface area contributed by atoms with Gasteiger partial charge < -0.3 is 5.11 Å². The predicted octanol–water partition coefficient (Wildman–Crippen LogP) is 6.72. The van der Waals surface area contributed by atoms with E-state index < -0.39 is 0 Å². The highest BCUT2D eigenvalue weighted by molar-refractivity contribution is 5.74. The average molecular weight is 360 g/mol. The molecule has 2 heteroatoms. The molecule has 0 amide bonds. The van der Waals surface area contributed by atoms with Crippen molar-refractivity contribution in [1.82, 2.24) is 4.98 Å². The van der Waals surface area contributed by atoms with Crippen LogP contribution in [-0.4, -0.2) is 10.1 Å². The molecule has 0 fully saturated rings. The Balaban J connectivity index is 2.17. The number of hydrogen-bond donors (Lipinski definition) is 1. The Morgan fingerprint density at radius 3 is 1.85 bits per heavy atom. The Kier molecular flexibility index (Phi) is 4.86. The first-order chi connectivity index (χ1) is 12.6. The second kappa shape index (κ2) is 6.84. The van der Waals surface area contributed by atoms with E-state index in [-0.39, 0.29) is 16.6 Å². The van der Waals surface area contributed by atoms with Crippen LogP contribution in [0, 0.1) is 0 Å². The van der Waals surface area contributed by atoms with E-state index >= 15 is 0 Å². The largest absolute Gasteiger partial charge is 0.507 e. The summed E-state index contributed by atoms with van der Waals surface area (Å²) in [5.74, 6) is 0.251. The SMILES string of the molecule is CC(C)(C)c1cc(-c2ccnc(-c3ccccc3O)c2)cc(C(C)(C)C)c1. The van der Waals surface area contributed by atoms with Gasteiger partial charge in [-0.2, -0.15) is 0 Å². The number of aromatic nitrogens is 1. The molecule has 2 aromatic carbocycles. The van der Waals surface area contributed by atoms with E-state index in [0.717, 1.165) is 16.8 Å². The summed E-state index contributed by atoms with van der Waals surface area (Å²) in [7, 11) is 0. The Labute approximate surface area is 162 Å². The van der Waals surface area contributed by atoms with Gasteiger partial charge in [-0.15, -0.1) is 0 Å². The molecule has 3 rings (SSSR count). The number of pyridine rings is 1. The molecule has 0 aliphatic heterocycles. The maximum Gasteiger partial charge on any atom is 0.124 e. The zero-order chi connectivity index (χ0) is 19.8. The van der Waals surface area contributed by atoms with Crippen molar-refractivity contribution >= 4 is 0 Å². The lowest BCUT2D eigenvalue weighted by molar-refractivity contribution is 0.477. The molecule has 0 aliphatic rings. The third-order valence-corrected chi connectivity index (χ3v) is 4.94. The van der Waals surface area contributed by atoms with Crippen molar-refractivity contribution in [3.05, 3.63) is 71.9 Å². The summed E-state index contributed by atoms with van der Waals surface area (Å²) in [4.78, 5) is 4.48. The van der Waals surface area contributed by atoms with Gasteiger partial charge in [-0.1, -0.05) is 71.9 Å². The van der Waals surface area contributed by atoms with Crippen LogP contribution in [0.25, 0.3) is 22.4 Å². The molecule has 1 heterocycles. The monoisotopic (exact) mass is 359 g/mol. The van der Waals surface area contributed by atoms with Gasteiger partial charge in [0.1, 0.15) is 5.75 Å². The van der Waals surface area contributed by atoms with Crippen molar-refractivity contribution in [2.75, 3.05) is 0 Å². The summed E-state index contributed by atoms with van der Waals surface area (Å²) in [5.41, 5.74) is 6.63. The van der Waals surface area contributed by atoms with Crippen molar-refractivity contribution in [2.45, 2.75) is 52.4 Å². The van der Waals surface area contributed by atoms with E-state index in [4.69, 9.17) is 0 Å². The average Bonchev–Trinajstić information content (AvgIpc) is 2.60. The van der Waals surface area contributed by atoms with Crippen molar-refractivity contribution in [3.8, 4) is 28.1 Å². The highest BCUT2D eigenvalue weighted by atomic mass is 16.3. The minimum Gasteiger partial charge on any atom is -0.507 e. The Bertz CT molecular complexity index is 926. The maximum absolute atomic E-state index is 10.2. The standard InChI is InChI=1S/C25H29NO/c1-24(2,3)19-13-18(14-20(16-19)25(4,5)6)17-11-12-26-22(15-17)21-9-7-8-10-23(21)27/h7-16,27H,1-6H3. The zero-order valence-corrected chi connectivity index (χ0v) is 17.2. The molecular weight excluding hydrogens is 330 g/mol. The number of benzene rings is 2. The van der Waals surface area contributed by atoms with Crippen LogP contribution in [0.1, 0.15) is 52.7 Å². The summed E-state index contributed by atoms with van der Waals surface area (Å²) >= 11 is 0. The summed E-state index contributed by atoms with van der Waals surface area (Å²) in [6.45, 7) is 13.5. The lowest BCUT2D eigenvalue weighted by Crippen LogP contribution is -2.16. The molecule has 1 aromatic heterocycles. The number of rotatable bonds is 2. The molecule has 0 saturated carbocycles. The van der Waals surface area contributed by atoms with Gasteiger partial charge in [0.2, 0.25) is 0 Å². The normalized spacial score (nSPS) is 12.2. The van der Waals surface area contributed by atoms with Gasteiger partial charge in [0.15, 0.2) is 0 Å². The van der Waals surface area contributed by atoms with Crippen LogP contribution in [0.3, 0.4) is 0 Å². The molecule has 27 heavy (non-hydrogen) atoms. The molecule has 0 bridgehead atoms. The van der Waals surface area contributed by atoms with Crippen LogP contribution in [0.15, 0.2) is 60.8 Å². The number of phenols is 1. The fraction of sp³-hybridized carbons (Fsp3) is 0.320. The number of aromatic hydroxyl groups is 1. The summed E-state index contributed by atoms with van der Waals surface area (Å²) in [5, 5.41) is 10.2. The second-order valence-electron chi connectivity index (χ2n) is 9.25. The van der Waals surface area contributed by atoms with Crippen LogP contribution >= 0.6 is 0 Å². The van der Waals surface area contributed by atoms with E-state index in [1.807, 2.05) is 30.5 Å². The van der Waals surface area contributed by atoms with Crippen LogP contribution in [-0.2, 0) is 10.8 Å². The Morgan fingerprint density at radius 2 is 1.30 bits per heavy atom. The fourth-order valence-electron chi connectivity index (χ4n) is 3.11. The number of phenolic OH excluding ortho intramolecular Hbond substituents is 1. The summed E-state index contributed by atoms with van der Waals surface area (Å²) in [6, 6.07) is 18.3. The third-order valence-electron chi connectivity index (χ3n) is 4.94. The molecule has 0 atom stereocenters. The minimum absolute atomic E-state index is 0.0730. The first-order valence-corrected chi connectivity index (χ1v) is 9.46. The smallest absolute Gasteiger partial charge is 0.124 e. The molecule has 0 saturated heterocycles. The van der Waals surface area contributed by atoms with E-state index in [2.05, 4.69) is 70.8 Å². The zero-order valence-electron chi connectivity index (χ0n) is 17.2. The molecule has 0 unspecified atom stereocenters. The van der Waals surface area contributed by atoms with Gasteiger partial charge in [0.05, 0.1) is 5.69 Å². The lowest BCUT2D eigenvalue weighted by Gasteiger charge is -2.26. The second-order valence-corrected chi connectivity index (χ2v) is 9.25. The van der Waals surface area contributed by atoms with Gasteiger partial charge in [0, 0.05) is 11.8 Å². The summed E-state index contributed by atoms with van der Waals surface area (Å²) in [6.07, 6.45) is 1.82. The van der Waals surface area contributed by atoms with Gasteiger partial charge >= 0.3 is 0 Å². The van der Waals surface area contributed by atoms with E-state index in [1.165, 1.54) is 16.7 Å². The van der Waals surface area contributed by atoms with Gasteiger partial charge in [-0.05, 0) is 57.3 Å². The molecule has 0 radical (unpaired) electrons. The highest BCUT2D eigenvalue weighted by Crippen LogP contribution is 2.35. The molecular formula is C25H29NO. The van der Waals surface area contributed by atoms with Crippen LogP contribution in [0.2, 0.25) is 0 Å². The van der Waals surface area contributed by atoms with Gasteiger partial charge in [0.25, 0.3) is 0 Å². The van der Waals surface area contributed by atoms with E-state index in [9.17, 15) is 5.11 Å². The number of nitrogens with zero attached hydrogens (tertiary/aromatic N) is 1. The number of para-hydroxylation sites is 1. The highest BCUT2D eigenvalue weighted by Gasteiger charge is 2.21. The third kappa shape index (κ3) is 4.21. The van der Waals surface area contributed by atoms with Gasteiger partial charge in [-0.3, -0.25) is 4.98 Å². The molecule has 0 spiro atoms. The molecule has 1 N–H and O–H groups in total. The van der Waals surface area contributed by atoms with Crippen molar-refractivity contribution in [3.63, 3.8) is 0 Å². The maximum atomic E-state index is 10.2. The quantitative estimate of drug-likeness (QED) is 0.551. The Hall–Kier alpha value is -2.61. The molecule has 0 aliphatic carbocycles. The van der Waals surface area contributed by atoms with Crippen molar-refractivity contribution in [1.29, 1.82) is 0 Å². The topological polar surface area (TPSA) is 33.1 Å². The molecule has 140 valence electrons. The first-order valence-electron chi connectivity index (χ1n) is 9.46. The minimum atomic E-state index is 0.0730. The fourth-order valence-corrected chi connectivity index (χ4v) is 3.11.